The number of nitrogens with one attached hydrogen (secondary N) is 2. The Balaban J connectivity index is 2.69. The number of carboxylic acids is 1. The van der Waals surface area contributed by atoms with E-state index in [0.717, 1.165) is 6.20 Å². The van der Waals surface area contributed by atoms with Gasteiger partial charge in [0.2, 0.25) is 0 Å². The number of aromatic amines is 1. The van der Waals surface area contributed by atoms with Crippen molar-refractivity contribution in [3.63, 3.8) is 0 Å². The first-order valence-corrected chi connectivity index (χ1v) is 6.71. The predicted octanol–water partition coefficient (Wildman–Crippen LogP) is -0.189. The van der Waals surface area contributed by atoms with E-state index in [9.17, 15) is 13.2 Å². The molecule has 0 aromatic carbocycles. The van der Waals surface area contributed by atoms with Crippen molar-refractivity contribution >= 4 is 16.0 Å². The maximum absolute atomic E-state index is 11.8. The molecule has 0 aliphatic heterocycles. The fraction of sp³-hybridized carbons (Fsp3) is 0.556. The van der Waals surface area contributed by atoms with E-state index >= 15 is 0 Å². The van der Waals surface area contributed by atoms with Gasteiger partial charge in [-0.3, -0.25) is 5.10 Å². The van der Waals surface area contributed by atoms with Crippen LogP contribution in [0.2, 0.25) is 0 Å². The van der Waals surface area contributed by atoms with Gasteiger partial charge in [-0.05, 0) is 13.8 Å². The summed E-state index contributed by atoms with van der Waals surface area (Å²) >= 11 is 0. The SMILES string of the molecule is CC(C)OCCNS(=O)(=O)c1[nH]ncc1C(=O)O. The second kappa shape index (κ2) is 5.94. The van der Waals surface area contributed by atoms with Crippen molar-refractivity contribution in [2.45, 2.75) is 25.0 Å². The van der Waals surface area contributed by atoms with E-state index in [1.54, 1.807) is 0 Å². The van der Waals surface area contributed by atoms with E-state index in [1.807, 2.05) is 13.8 Å². The molecule has 102 valence electrons. The lowest BCUT2D eigenvalue weighted by molar-refractivity contribution is 0.0692. The number of aromatic carboxylic acids is 1. The van der Waals surface area contributed by atoms with Crippen molar-refractivity contribution in [3.8, 4) is 0 Å². The van der Waals surface area contributed by atoms with Crippen LogP contribution < -0.4 is 4.72 Å². The van der Waals surface area contributed by atoms with Gasteiger partial charge in [0.1, 0.15) is 5.56 Å². The molecule has 1 rings (SSSR count). The summed E-state index contributed by atoms with van der Waals surface area (Å²) in [6, 6.07) is 0. The Bertz CT molecular complexity index is 508. The van der Waals surface area contributed by atoms with Crippen molar-refractivity contribution in [1.82, 2.24) is 14.9 Å². The number of aromatic nitrogens is 2. The van der Waals surface area contributed by atoms with Crippen molar-refractivity contribution in [2.75, 3.05) is 13.2 Å². The number of nitrogens with zero attached hydrogens (tertiary/aromatic N) is 1. The molecule has 0 spiro atoms. The quantitative estimate of drug-likeness (QED) is 0.594. The van der Waals surface area contributed by atoms with Crippen LogP contribution in [0.3, 0.4) is 0 Å². The minimum absolute atomic E-state index is 0.00348. The molecule has 0 radical (unpaired) electrons. The van der Waals surface area contributed by atoms with Gasteiger partial charge in [-0.2, -0.15) is 5.10 Å². The number of rotatable bonds is 7. The topological polar surface area (TPSA) is 121 Å². The Labute approximate surface area is 104 Å². The molecule has 0 saturated heterocycles. The first-order chi connectivity index (χ1) is 8.34. The highest BCUT2D eigenvalue weighted by Crippen LogP contribution is 2.11. The Morgan fingerprint density at radius 1 is 1.61 bits per heavy atom. The van der Waals surface area contributed by atoms with Gasteiger partial charge in [0.25, 0.3) is 10.0 Å². The van der Waals surface area contributed by atoms with Gasteiger partial charge >= 0.3 is 5.97 Å². The molecule has 9 heteroatoms. The van der Waals surface area contributed by atoms with Crippen LogP contribution in [-0.2, 0) is 14.8 Å². The zero-order chi connectivity index (χ0) is 13.8. The molecular weight excluding hydrogens is 262 g/mol. The Hall–Kier alpha value is -1.45. The highest BCUT2D eigenvalue weighted by Gasteiger charge is 2.24. The fourth-order valence-corrected chi connectivity index (χ4v) is 2.27. The van der Waals surface area contributed by atoms with Gasteiger partial charge < -0.3 is 9.84 Å². The summed E-state index contributed by atoms with van der Waals surface area (Å²) in [7, 11) is -3.92. The second-order valence-electron chi connectivity index (χ2n) is 3.74. The molecule has 0 aliphatic carbocycles. The van der Waals surface area contributed by atoms with E-state index in [1.165, 1.54) is 0 Å². The molecule has 0 unspecified atom stereocenters. The molecule has 18 heavy (non-hydrogen) atoms. The lowest BCUT2D eigenvalue weighted by Gasteiger charge is -2.08. The minimum Gasteiger partial charge on any atom is -0.478 e. The normalized spacial score (nSPS) is 11.9. The number of hydrogen-bond donors (Lipinski definition) is 3. The van der Waals surface area contributed by atoms with Gasteiger partial charge in [-0.1, -0.05) is 0 Å². The molecule has 0 saturated carbocycles. The monoisotopic (exact) mass is 277 g/mol. The van der Waals surface area contributed by atoms with Gasteiger partial charge in [0.05, 0.1) is 18.9 Å². The summed E-state index contributed by atoms with van der Waals surface area (Å²) < 4.78 is 30.9. The Morgan fingerprint density at radius 3 is 2.83 bits per heavy atom. The number of hydrogen-bond acceptors (Lipinski definition) is 5. The molecule has 8 nitrogen and oxygen atoms in total. The smallest absolute Gasteiger partial charge is 0.340 e. The first kappa shape index (κ1) is 14.6. The molecule has 1 heterocycles. The number of sulfonamides is 1. The van der Waals surface area contributed by atoms with E-state index in [2.05, 4.69) is 14.9 Å². The molecule has 0 bridgehead atoms. The molecule has 1 aromatic rings. The standard InChI is InChI=1S/C9H15N3O5S/c1-6(2)17-4-3-11-18(15,16)8-7(9(13)14)5-10-12-8/h5-6,11H,3-4H2,1-2H3,(H,10,12)(H,13,14). The molecule has 0 fully saturated rings. The molecule has 1 aromatic heterocycles. The average Bonchev–Trinajstić information content (AvgIpc) is 2.73. The van der Waals surface area contributed by atoms with Crippen LogP contribution >= 0.6 is 0 Å². The van der Waals surface area contributed by atoms with Gasteiger partial charge in [0, 0.05) is 6.54 Å². The predicted molar refractivity (Wildman–Crippen MR) is 61.8 cm³/mol. The average molecular weight is 277 g/mol. The van der Waals surface area contributed by atoms with Gasteiger partial charge in [0.15, 0.2) is 5.03 Å². The van der Waals surface area contributed by atoms with Crippen molar-refractivity contribution in [1.29, 1.82) is 0 Å². The van der Waals surface area contributed by atoms with Crippen LogP contribution in [-0.4, -0.2) is 48.9 Å². The maximum atomic E-state index is 11.8. The minimum atomic E-state index is -3.92. The largest absolute Gasteiger partial charge is 0.478 e. The lowest BCUT2D eigenvalue weighted by Crippen LogP contribution is -2.29. The summed E-state index contributed by atoms with van der Waals surface area (Å²) in [6.07, 6.45) is 0.942. The zero-order valence-electron chi connectivity index (χ0n) is 10.0. The summed E-state index contributed by atoms with van der Waals surface area (Å²) in [5, 5.41) is 13.9. The molecule has 0 aliphatic rings. The van der Waals surface area contributed by atoms with Crippen molar-refractivity contribution in [3.05, 3.63) is 11.8 Å². The Morgan fingerprint density at radius 2 is 2.28 bits per heavy atom. The van der Waals surface area contributed by atoms with Crippen LogP contribution in [0.1, 0.15) is 24.2 Å². The third-order valence-electron chi connectivity index (χ3n) is 1.95. The molecule has 3 N–H and O–H groups in total. The highest BCUT2D eigenvalue weighted by atomic mass is 32.2. The number of carbonyl (C=O) groups is 1. The van der Waals surface area contributed by atoms with Crippen LogP contribution in [0.5, 0.6) is 0 Å². The van der Waals surface area contributed by atoms with E-state index in [4.69, 9.17) is 9.84 Å². The highest BCUT2D eigenvalue weighted by molar-refractivity contribution is 7.89. The first-order valence-electron chi connectivity index (χ1n) is 5.22. The maximum Gasteiger partial charge on any atom is 0.340 e. The summed E-state index contributed by atoms with van der Waals surface area (Å²) in [4.78, 5) is 10.8. The molecule has 0 amide bonds. The second-order valence-corrected chi connectivity index (χ2v) is 5.44. The summed E-state index contributed by atoms with van der Waals surface area (Å²) in [6.45, 7) is 3.91. The van der Waals surface area contributed by atoms with Gasteiger partial charge in [-0.15, -0.1) is 0 Å². The third kappa shape index (κ3) is 3.79. The van der Waals surface area contributed by atoms with E-state index < -0.39 is 26.6 Å². The number of carboxylic acid groups (broad SMARTS) is 1. The lowest BCUT2D eigenvalue weighted by atomic mass is 10.4. The fourth-order valence-electron chi connectivity index (χ4n) is 1.17. The molecule has 0 atom stereocenters. The zero-order valence-corrected chi connectivity index (χ0v) is 10.8. The van der Waals surface area contributed by atoms with E-state index in [0.29, 0.717) is 0 Å². The van der Waals surface area contributed by atoms with Crippen LogP contribution in [0.25, 0.3) is 0 Å². The molecular formula is C9H15N3O5S. The van der Waals surface area contributed by atoms with Crippen molar-refractivity contribution < 1.29 is 23.1 Å². The third-order valence-corrected chi connectivity index (χ3v) is 3.38. The van der Waals surface area contributed by atoms with Crippen LogP contribution in [0.4, 0.5) is 0 Å². The van der Waals surface area contributed by atoms with Crippen molar-refractivity contribution in [2.24, 2.45) is 0 Å². The van der Waals surface area contributed by atoms with Gasteiger partial charge in [-0.25, -0.2) is 17.9 Å². The summed E-state index contributed by atoms with van der Waals surface area (Å²) in [5.74, 6) is -1.36. The Kier molecular flexibility index (Phi) is 4.82. The van der Waals surface area contributed by atoms with E-state index in [-0.39, 0.29) is 19.3 Å². The van der Waals surface area contributed by atoms with Crippen LogP contribution in [0, 0.1) is 0 Å². The van der Waals surface area contributed by atoms with Crippen LogP contribution in [0.15, 0.2) is 11.2 Å². The summed E-state index contributed by atoms with van der Waals surface area (Å²) in [5.41, 5.74) is -0.396. The number of H-pyrrole nitrogens is 1. The number of ether oxygens (including phenoxy) is 1.